The molecule has 0 aliphatic heterocycles. The molecule has 4 N–H and O–H groups in total. The van der Waals surface area contributed by atoms with E-state index in [0.29, 0.717) is 17.6 Å². The van der Waals surface area contributed by atoms with E-state index in [1.165, 1.54) is 13.0 Å². The largest absolute Gasteiger partial charge is 0.354 e. The van der Waals surface area contributed by atoms with Gasteiger partial charge in [-0.3, -0.25) is 20.4 Å². The maximum Gasteiger partial charge on any atom is 0.241 e. The van der Waals surface area contributed by atoms with Crippen LogP contribution in [0.4, 0.5) is 5.82 Å². The van der Waals surface area contributed by atoms with E-state index in [1.54, 1.807) is 37.4 Å². The smallest absolute Gasteiger partial charge is 0.241 e. The Kier molecular flexibility index (Phi) is 6.56. The van der Waals surface area contributed by atoms with Crippen LogP contribution in [0.15, 0.2) is 46.5 Å². The van der Waals surface area contributed by atoms with Crippen LogP contribution < -0.4 is 16.2 Å². The van der Waals surface area contributed by atoms with Crippen molar-refractivity contribution in [2.24, 2.45) is 11.8 Å². The minimum atomic E-state index is -4.02. The number of benzene rings is 1. The second-order valence-electron chi connectivity index (χ2n) is 8.67. The number of carbonyl (C=O) groups is 2. The lowest BCUT2D eigenvalue weighted by molar-refractivity contribution is -0.126. The molecule has 3 atom stereocenters. The van der Waals surface area contributed by atoms with E-state index in [9.17, 15) is 18.0 Å². The summed E-state index contributed by atoms with van der Waals surface area (Å²) in [7, 11) is -4.02. The Morgan fingerprint density at radius 1 is 1.18 bits per heavy atom. The van der Waals surface area contributed by atoms with E-state index >= 15 is 0 Å². The molecule has 0 saturated heterocycles. The molecule has 0 spiro atoms. The number of hydrazine groups is 1. The Morgan fingerprint density at radius 2 is 1.97 bits per heavy atom. The molecule has 2 amide bonds. The van der Waals surface area contributed by atoms with Crippen LogP contribution >= 0.6 is 0 Å². The standard InChI is InChI=1S/C23H28N6O4S/c1-4-15-11-16(25-14(3)30)12-18(15)22(31)29-28-21-23(27-20-19(26-21)8-9-24-20)34(32,33)17-7-5-6-13(2)10-17/h5-10,15-16,18H,4,11-12H2,1-3H3,(H,24,27)(H,25,30)(H,26,28)(H,29,31)/t15-,16+,18+/m1/s1. The fourth-order valence-corrected chi connectivity index (χ4v) is 5.92. The number of hydrogen-bond acceptors (Lipinski definition) is 7. The predicted molar refractivity (Wildman–Crippen MR) is 126 cm³/mol. The van der Waals surface area contributed by atoms with Gasteiger partial charge in [-0.15, -0.1) is 0 Å². The number of sulfone groups is 1. The van der Waals surface area contributed by atoms with Gasteiger partial charge in [0.1, 0.15) is 5.52 Å². The molecule has 2 heterocycles. The quantitative estimate of drug-likeness (QED) is 0.377. The van der Waals surface area contributed by atoms with Crippen molar-refractivity contribution >= 4 is 38.6 Å². The van der Waals surface area contributed by atoms with Gasteiger partial charge in [0.2, 0.25) is 26.7 Å². The van der Waals surface area contributed by atoms with Gasteiger partial charge in [-0.05, 0) is 49.4 Å². The number of amides is 2. The third kappa shape index (κ3) is 4.74. The van der Waals surface area contributed by atoms with Crippen LogP contribution in [0.1, 0.15) is 38.7 Å². The molecule has 10 nitrogen and oxygen atoms in total. The summed E-state index contributed by atoms with van der Waals surface area (Å²) in [5.41, 5.74) is 6.91. The molecule has 1 fully saturated rings. The van der Waals surface area contributed by atoms with Crippen molar-refractivity contribution < 1.29 is 18.0 Å². The second-order valence-corrected chi connectivity index (χ2v) is 10.5. The van der Waals surface area contributed by atoms with Crippen LogP contribution in [0, 0.1) is 18.8 Å². The number of fused-ring (bicyclic) bond motifs is 1. The molecule has 0 radical (unpaired) electrons. The minimum Gasteiger partial charge on any atom is -0.354 e. The van der Waals surface area contributed by atoms with E-state index in [2.05, 4.69) is 31.1 Å². The van der Waals surface area contributed by atoms with Crippen LogP contribution in [0.25, 0.3) is 11.2 Å². The van der Waals surface area contributed by atoms with E-state index in [0.717, 1.165) is 18.4 Å². The number of aromatic amines is 1. The number of aromatic nitrogens is 3. The normalized spacial score (nSPS) is 20.3. The third-order valence-electron chi connectivity index (χ3n) is 6.17. The van der Waals surface area contributed by atoms with Crippen LogP contribution in [-0.2, 0) is 19.4 Å². The summed E-state index contributed by atoms with van der Waals surface area (Å²) in [6.07, 6.45) is 3.64. The summed E-state index contributed by atoms with van der Waals surface area (Å²) < 4.78 is 26.8. The van der Waals surface area contributed by atoms with Gasteiger partial charge in [0.25, 0.3) is 0 Å². The van der Waals surface area contributed by atoms with Gasteiger partial charge in [-0.2, -0.15) is 0 Å². The lowest BCUT2D eigenvalue weighted by atomic mass is 9.93. The summed E-state index contributed by atoms with van der Waals surface area (Å²) in [5.74, 6) is -0.691. The Morgan fingerprint density at radius 3 is 2.68 bits per heavy atom. The van der Waals surface area contributed by atoms with E-state index in [4.69, 9.17) is 0 Å². The summed E-state index contributed by atoms with van der Waals surface area (Å²) in [6, 6.07) is 8.13. The number of anilines is 1. The number of hydrogen-bond donors (Lipinski definition) is 4. The maximum atomic E-state index is 13.4. The molecule has 180 valence electrons. The first-order valence-corrected chi connectivity index (χ1v) is 12.7. The average molecular weight is 485 g/mol. The highest BCUT2D eigenvalue weighted by atomic mass is 32.2. The summed E-state index contributed by atoms with van der Waals surface area (Å²) >= 11 is 0. The van der Waals surface area contributed by atoms with Crippen molar-refractivity contribution in [2.75, 3.05) is 5.43 Å². The number of nitrogens with zero attached hydrogens (tertiary/aromatic N) is 2. The Labute approximate surface area is 197 Å². The van der Waals surface area contributed by atoms with E-state index in [1.807, 2.05) is 6.92 Å². The van der Waals surface area contributed by atoms with Crippen LogP contribution in [0.5, 0.6) is 0 Å². The van der Waals surface area contributed by atoms with Crippen molar-refractivity contribution in [3.05, 3.63) is 42.1 Å². The van der Waals surface area contributed by atoms with Gasteiger partial charge in [0.05, 0.1) is 4.90 Å². The van der Waals surface area contributed by atoms with E-state index < -0.39 is 9.84 Å². The first-order valence-electron chi connectivity index (χ1n) is 11.2. The van der Waals surface area contributed by atoms with Crippen molar-refractivity contribution in [3.63, 3.8) is 0 Å². The van der Waals surface area contributed by atoms with Gasteiger partial charge in [0.15, 0.2) is 11.5 Å². The topological polar surface area (TPSA) is 146 Å². The second kappa shape index (κ2) is 9.41. The molecule has 1 aromatic carbocycles. The molecule has 1 aliphatic carbocycles. The first kappa shape index (κ1) is 23.7. The molecule has 2 aromatic heterocycles. The third-order valence-corrected chi connectivity index (χ3v) is 7.84. The van der Waals surface area contributed by atoms with Gasteiger partial charge >= 0.3 is 0 Å². The van der Waals surface area contributed by atoms with Crippen LogP contribution in [-0.4, -0.2) is 41.2 Å². The van der Waals surface area contributed by atoms with E-state index in [-0.39, 0.29) is 45.4 Å². The summed E-state index contributed by atoms with van der Waals surface area (Å²) in [6.45, 7) is 5.27. The predicted octanol–water partition coefficient (Wildman–Crippen LogP) is 2.48. The highest BCUT2D eigenvalue weighted by Crippen LogP contribution is 2.35. The Hall–Kier alpha value is -3.47. The molecule has 34 heavy (non-hydrogen) atoms. The highest BCUT2D eigenvalue weighted by molar-refractivity contribution is 7.91. The average Bonchev–Trinajstić information content (AvgIpc) is 3.42. The minimum absolute atomic E-state index is 0.0635. The molecule has 4 rings (SSSR count). The number of carbonyl (C=O) groups excluding carboxylic acids is 2. The Bertz CT molecular complexity index is 1340. The van der Waals surface area contributed by atoms with Crippen molar-refractivity contribution in [3.8, 4) is 0 Å². The number of aryl methyl sites for hydroxylation is 1. The zero-order valence-electron chi connectivity index (χ0n) is 19.3. The molecule has 3 aromatic rings. The fourth-order valence-electron chi connectivity index (χ4n) is 4.53. The molecule has 11 heteroatoms. The van der Waals surface area contributed by atoms with Gasteiger partial charge in [0, 0.05) is 25.1 Å². The molecule has 0 bridgehead atoms. The molecule has 0 unspecified atom stereocenters. The number of H-pyrrole nitrogens is 1. The van der Waals surface area contributed by atoms with Crippen LogP contribution in [0.2, 0.25) is 0 Å². The SMILES string of the molecule is CC[C@@H]1C[C@H](NC(C)=O)C[C@@H]1C(=O)NNc1nc2cc[nH]c2nc1S(=O)(=O)c1cccc(C)c1. The first-order chi connectivity index (χ1) is 16.2. The monoisotopic (exact) mass is 484 g/mol. The molecular weight excluding hydrogens is 456 g/mol. The van der Waals surface area contributed by atoms with Crippen molar-refractivity contribution in [2.45, 2.75) is 56.0 Å². The molecule has 1 aliphatic rings. The highest BCUT2D eigenvalue weighted by Gasteiger charge is 2.38. The maximum absolute atomic E-state index is 13.4. The number of nitrogens with one attached hydrogen (secondary N) is 4. The molecular formula is C23H28N6O4S. The van der Waals surface area contributed by atoms with Gasteiger partial charge < -0.3 is 10.3 Å². The lowest BCUT2D eigenvalue weighted by Crippen LogP contribution is -2.38. The lowest BCUT2D eigenvalue weighted by Gasteiger charge is -2.18. The van der Waals surface area contributed by atoms with Gasteiger partial charge in [-0.25, -0.2) is 18.4 Å². The van der Waals surface area contributed by atoms with Crippen LogP contribution in [0.3, 0.4) is 0 Å². The zero-order chi connectivity index (χ0) is 24.5. The van der Waals surface area contributed by atoms with Crippen molar-refractivity contribution in [1.82, 2.24) is 25.7 Å². The van der Waals surface area contributed by atoms with Gasteiger partial charge in [-0.1, -0.05) is 25.5 Å². The molecule has 1 saturated carbocycles. The Balaban J connectivity index is 1.61. The zero-order valence-corrected chi connectivity index (χ0v) is 20.1. The summed E-state index contributed by atoms with van der Waals surface area (Å²) in [5, 5.41) is 2.60. The van der Waals surface area contributed by atoms with Crippen molar-refractivity contribution in [1.29, 1.82) is 0 Å². The number of rotatable bonds is 7. The fraction of sp³-hybridized carbons (Fsp3) is 0.391. The summed E-state index contributed by atoms with van der Waals surface area (Å²) in [4.78, 5) is 36.1.